The Hall–Kier alpha value is -7.50. The quantitative estimate of drug-likeness (QED) is 0.104. The van der Waals surface area contributed by atoms with Crippen LogP contribution in [0.2, 0.25) is 0 Å². The molecule has 2 atom stereocenters. The fourth-order valence-electron chi connectivity index (χ4n) is 7.87. The molecule has 0 spiro atoms. The zero-order chi connectivity index (χ0) is 73.2. The van der Waals surface area contributed by atoms with Crippen molar-refractivity contribution in [3.8, 4) is 24.7 Å². The zero-order valence-corrected chi connectivity index (χ0v) is 63.0. The highest BCUT2D eigenvalue weighted by Crippen LogP contribution is 2.34. The summed E-state index contributed by atoms with van der Waals surface area (Å²) in [7, 11) is -3.07. The number of hydrogen-bond donors (Lipinski definition) is 1. The molecule has 0 amide bonds. The molecule has 0 bridgehead atoms. The Morgan fingerprint density at radius 2 is 1.18 bits per heavy atom. The first-order valence-corrected chi connectivity index (χ1v) is 33.1. The van der Waals surface area contributed by atoms with E-state index < -0.39 is 20.5 Å². The van der Waals surface area contributed by atoms with Gasteiger partial charge in [-0.05, 0) is 209 Å². The maximum Gasteiger partial charge on any atom is 0.279 e. The van der Waals surface area contributed by atoms with Gasteiger partial charge in [-0.2, -0.15) is 14.6 Å². The Kier molecular flexibility index (Phi) is 34.7. The third-order valence-electron chi connectivity index (χ3n) is 14.0. The Morgan fingerprint density at radius 1 is 0.667 bits per heavy atom. The van der Waals surface area contributed by atoms with E-state index in [1.807, 2.05) is 117 Å². The molecular weight excluding hydrogens is 1180 g/mol. The maximum absolute atomic E-state index is 12.3. The normalized spacial score (nSPS) is 14.9. The molecule has 0 fully saturated rings. The molecule has 516 valence electrons. The van der Waals surface area contributed by atoms with Crippen molar-refractivity contribution in [2.45, 2.75) is 245 Å². The van der Waals surface area contributed by atoms with Crippen LogP contribution in [0.25, 0.3) is 12.2 Å². The lowest BCUT2D eigenvalue weighted by Gasteiger charge is -2.30. The Morgan fingerprint density at radius 3 is 1.44 bits per heavy atom. The van der Waals surface area contributed by atoms with E-state index in [1.165, 1.54) is 12.1 Å². The van der Waals surface area contributed by atoms with E-state index in [0.29, 0.717) is 23.2 Å². The van der Waals surface area contributed by atoms with Crippen LogP contribution >= 0.6 is 0 Å². The number of aromatic amines is 1. The first kappa shape index (κ1) is 87.6. The number of halogens is 1. The number of ketones is 3. The number of nitrogens with one attached hydrogen (secondary N) is 1. The minimum atomic E-state index is -3.07. The summed E-state index contributed by atoms with van der Waals surface area (Å²) < 4.78 is 43.0. The smallest absolute Gasteiger partial charge is 0.279 e. The lowest BCUT2D eigenvalue weighted by atomic mass is 9.74. The summed E-state index contributed by atoms with van der Waals surface area (Å²) in [5.74, 6) is 7.82. The van der Waals surface area contributed by atoms with E-state index in [0.717, 1.165) is 42.6 Å². The number of terminal acetylenes is 2. The van der Waals surface area contributed by atoms with Crippen molar-refractivity contribution in [1.29, 1.82) is 0 Å². The molecule has 0 aliphatic heterocycles. The molecule has 5 aromatic heterocycles. The summed E-state index contributed by atoms with van der Waals surface area (Å²) in [6, 6.07) is 5.15. The number of allylic oxidation sites excluding steroid dienone is 5. The molecule has 0 saturated heterocycles. The number of sulfone groups is 1. The van der Waals surface area contributed by atoms with Gasteiger partial charge in [0.2, 0.25) is 5.95 Å². The third-order valence-corrected chi connectivity index (χ3v) is 16.1. The van der Waals surface area contributed by atoms with Gasteiger partial charge < -0.3 is 4.57 Å². The molecule has 7 rings (SSSR count). The van der Waals surface area contributed by atoms with E-state index in [9.17, 15) is 27.2 Å². The second-order valence-corrected chi connectivity index (χ2v) is 34.3. The predicted octanol–water partition coefficient (Wildman–Crippen LogP) is 17.3. The van der Waals surface area contributed by atoms with Crippen LogP contribution in [0.4, 0.5) is 4.39 Å². The van der Waals surface area contributed by atoms with E-state index in [2.05, 4.69) is 193 Å². The standard InChI is InChI=1S/2C10H16O.C9H14N2.C9H12N2.C9H14N2.C9H12N2.C7H11FN2.C7H12O.C6H12O2S/c1-10(2,3)8-5-4-6-9(11)7-8;1-10(2,3)8-6-4-5-7-9(8)11;2*1-5-8-10-6-7-11(8)9(2,3)4;2*1-5-8-6-7-11(10-8)9(2,3)4;1-7(2,3)10-5-4-6(8)9-10;1-5-6(8)7(2,3)4;1-5-9(7,8)6(2,3)4/h4,6,8H,5,7H2,1-3H3;5,7-8H,4,6H2,1-3H3;5-7H,1H2,2-4H3;1,6-7H,2-4H3;5-7H,1H2,2-4H3;1,6-7H,2-4H3;4-5H,1-3H3;5H,1H2,2-4H3;5H,1H2,2-4H3/p+1. The molecule has 17 heteroatoms. The summed E-state index contributed by atoms with van der Waals surface area (Å²) >= 11 is 0. The second-order valence-electron chi connectivity index (χ2n) is 31.6. The molecule has 0 aromatic carbocycles. The number of carbonyl (C=O) groups is 3. The van der Waals surface area contributed by atoms with Crippen LogP contribution in [-0.4, -0.2) is 74.4 Å². The molecule has 1 N–H and O–H groups in total. The monoisotopic (exact) mass is 1300 g/mol. The molecule has 2 aliphatic rings. The van der Waals surface area contributed by atoms with Gasteiger partial charge in [-0.15, -0.1) is 17.9 Å². The fourth-order valence-corrected chi connectivity index (χ4v) is 8.37. The molecule has 5 heterocycles. The van der Waals surface area contributed by atoms with Crippen molar-refractivity contribution < 1.29 is 31.8 Å². The van der Waals surface area contributed by atoms with E-state index in [-0.39, 0.29) is 61.4 Å². The van der Waals surface area contributed by atoms with Gasteiger partial charge in [-0.3, -0.25) is 28.4 Å². The van der Waals surface area contributed by atoms with Crippen LogP contribution in [0.15, 0.2) is 124 Å². The number of carbonyl (C=O) groups excluding carboxylic acids is 3. The second kappa shape index (κ2) is 36.8. The third kappa shape index (κ3) is 33.8. The Balaban J connectivity index is 0. The summed E-state index contributed by atoms with van der Waals surface area (Å²) in [5, 5.41) is 13.1. The topological polar surface area (TPSA) is 176 Å². The van der Waals surface area contributed by atoms with Crippen molar-refractivity contribution in [3.63, 3.8) is 0 Å². The SMILES string of the molecule is C#Cc1ccn(C(C)(C)C)n1.C#Cc1nccn1C(C)(C)C.C=CC(=O)C(C)(C)C.C=CS(=O)(=O)C(C)(C)C.C=Cc1[nH]cc[n+]1C(C)(C)C.C=Cc1ccn(C(C)(C)C)n1.CC(C)(C)C1CC=CC(=O)C1.CC(C)(C)C1CCC=CC1=O.CC(C)(C)n1ccc(F)n1. The molecule has 0 radical (unpaired) electrons. The fraction of sp³-hybridized carbons (Fsp3) is 0.553. The average Bonchev–Trinajstić information content (AvgIpc) is 2.11. The van der Waals surface area contributed by atoms with Crippen molar-refractivity contribution in [2.75, 3.05) is 0 Å². The number of H-pyrrole nitrogens is 1. The van der Waals surface area contributed by atoms with Gasteiger partial charge in [-0.25, -0.2) is 23.0 Å². The minimum Gasteiger partial charge on any atom is -0.319 e. The highest BCUT2D eigenvalue weighted by atomic mass is 32.2. The average molecular weight is 1300 g/mol. The van der Waals surface area contributed by atoms with Crippen molar-refractivity contribution in [1.82, 2.24) is 43.9 Å². The number of rotatable bonds is 4. The van der Waals surface area contributed by atoms with E-state index in [1.54, 1.807) is 56.1 Å². The van der Waals surface area contributed by atoms with Crippen molar-refractivity contribution >= 4 is 39.3 Å². The molecule has 0 saturated carbocycles. The largest absolute Gasteiger partial charge is 0.319 e. The molecule has 2 aliphatic carbocycles. The number of imidazole rings is 2. The molecule has 15 nitrogen and oxygen atoms in total. The lowest BCUT2D eigenvalue weighted by Crippen LogP contribution is -2.50. The molecule has 5 aromatic rings. The minimum absolute atomic E-state index is 0.0229. The maximum atomic E-state index is 12.3. The van der Waals surface area contributed by atoms with Crippen LogP contribution in [0.5, 0.6) is 0 Å². The van der Waals surface area contributed by atoms with Gasteiger partial charge >= 0.3 is 0 Å². The zero-order valence-electron chi connectivity index (χ0n) is 62.2. The van der Waals surface area contributed by atoms with Gasteiger partial charge in [0.15, 0.2) is 33.0 Å². The van der Waals surface area contributed by atoms with Gasteiger partial charge in [0, 0.05) is 71.8 Å². The highest BCUT2D eigenvalue weighted by Gasteiger charge is 2.31. The van der Waals surface area contributed by atoms with Gasteiger partial charge in [0.1, 0.15) is 23.6 Å². The van der Waals surface area contributed by atoms with Crippen molar-refractivity contribution in [2.24, 2.45) is 28.1 Å². The summed E-state index contributed by atoms with van der Waals surface area (Å²) in [4.78, 5) is 40.2. The van der Waals surface area contributed by atoms with Crippen LogP contribution < -0.4 is 4.57 Å². The Labute approximate surface area is 562 Å². The molecule has 2 unspecified atom stereocenters. The Bertz CT molecular complexity index is 3410. The lowest BCUT2D eigenvalue weighted by molar-refractivity contribution is -0.754. The summed E-state index contributed by atoms with van der Waals surface area (Å²) in [5.41, 5.74) is 1.92. The number of aromatic nitrogens is 10. The van der Waals surface area contributed by atoms with Crippen LogP contribution in [-0.2, 0) is 51.9 Å². The van der Waals surface area contributed by atoms with Crippen LogP contribution in [0.1, 0.15) is 236 Å². The van der Waals surface area contributed by atoms with E-state index in [4.69, 9.17) is 12.8 Å². The van der Waals surface area contributed by atoms with Gasteiger partial charge in [0.05, 0.1) is 27.1 Å². The van der Waals surface area contributed by atoms with Gasteiger partial charge in [0.25, 0.3) is 5.82 Å². The van der Waals surface area contributed by atoms with E-state index >= 15 is 0 Å². The first-order valence-electron chi connectivity index (χ1n) is 31.6. The molecule has 93 heavy (non-hydrogen) atoms. The van der Waals surface area contributed by atoms with Crippen LogP contribution in [0, 0.1) is 58.7 Å². The molecular formula is C76H120FN10O5S+. The number of nitrogens with zero attached hydrogens (tertiary/aromatic N) is 9. The first-order chi connectivity index (χ1) is 42.0. The van der Waals surface area contributed by atoms with Crippen LogP contribution in [0.3, 0.4) is 0 Å². The summed E-state index contributed by atoms with van der Waals surface area (Å²) in [6.07, 6.45) is 39.8. The highest BCUT2D eigenvalue weighted by molar-refractivity contribution is 7.95. The predicted molar refractivity (Wildman–Crippen MR) is 387 cm³/mol. The summed E-state index contributed by atoms with van der Waals surface area (Å²) in [6.45, 7) is 68.8. The van der Waals surface area contributed by atoms with Crippen molar-refractivity contribution in [3.05, 3.63) is 153 Å². The van der Waals surface area contributed by atoms with Gasteiger partial charge in [-0.1, -0.05) is 101 Å². The number of hydrogen-bond acceptors (Lipinski definition) is 9.